The number of carbonyl (C=O) groups is 1. The lowest BCUT2D eigenvalue weighted by atomic mass is 10.1. The molecular weight excluding hydrogens is 539 g/mol. The van der Waals surface area contributed by atoms with Crippen LogP contribution in [0.25, 0.3) is 11.0 Å². The van der Waals surface area contributed by atoms with Gasteiger partial charge in [-0.2, -0.15) is 0 Å². The lowest BCUT2D eigenvalue weighted by molar-refractivity contribution is 0.0187. The summed E-state index contributed by atoms with van der Waals surface area (Å²) in [6.45, 7) is 1.21. The van der Waals surface area contributed by atoms with Crippen molar-refractivity contribution in [3.8, 4) is 0 Å². The van der Waals surface area contributed by atoms with E-state index in [2.05, 4.69) is 31.7 Å². The van der Waals surface area contributed by atoms with Crippen LogP contribution in [0, 0.1) is 5.82 Å². The Morgan fingerprint density at radius 3 is 2.74 bits per heavy atom. The van der Waals surface area contributed by atoms with Crippen LogP contribution in [0.4, 0.5) is 15.8 Å². The summed E-state index contributed by atoms with van der Waals surface area (Å²) < 4.78 is 23.5. The average Bonchev–Trinajstić information content (AvgIpc) is 3.22. The maximum absolute atomic E-state index is 15.4. The first-order valence-electron chi connectivity index (χ1n) is 10.8. The number of rotatable bonds is 10. The molecule has 0 atom stereocenters. The molecule has 182 valence electrons. The van der Waals surface area contributed by atoms with Crippen LogP contribution in [0.2, 0.25) is 5.02 Å². The van der Waals surface area contributed by atoms with Crippen LogP contribution in [0.5, 0.6) is 0 Å². The molecule has 0 saturated heterocycles. The number of aryl methyl sites for hydroxylation is 1. The highest BCUT2D eigenvalue weighted by Crippen LogP contribution is 2.34. The quantitative estimate of drug-likeness (QED) is 0.180. The molecule has 0 fully saturated rings. The number of hydroxylamine groups is 1. The molecule has 4 rings (SSSR count). The zero-order chi connectivity index (χ0) is 24.8. The molecule has 3 aromatic carbocycles. The molecule has 2 N–H and O–H groups in total. The Labute approximate surface area is 215 Å². The number of fused-ring (bicyclic) bond motifs is 1. The van der Waals surface area contributed by atoms with Crippen LogP contribution >= 0.6 is 27.5 Å². The summed E-state index contributed by atoms with van der Waals surface area (Å²) in [5.74, 6) is -1.27. The van der Waals surface area contributed by atoms with Crippen LogP contribution in [0.1, 0.15) is 22.3 Å². The fourth-order valence-corrected chi connectivity index (χ4v) is 4.14. The summed E-state index contributed by atoms with van der Waals surface area (Å²) in [6.07, 6.45) is 2.06. The van der Waals surface area contributed by atoms with Gasteiger partial charge in [0.05, 0.1) is 47.0 Å². The molecule has 1 heterocycles. The van der Waals surface area contributed by atoms with Crippen molar-refractivity contribution >= 4 is 55.8 Å². The first-order valence-corrected chi connectivity index (χ1v) is 12.0. The number of aromatic nitrogens is 2. The third-order valence-corrected chi connectivity index (χ3v) is 6.01. The summed E-state index contributed by atoms with van der Waals surface area (Å²) >= 11 is 9.64. The van der Waals surface area contributed by atoms with Gasteiger partial charge in [0.25, 0.3) is 5.91 Å². The normalized spacial score (nSPS) is 11.1. The van der Waals surface area contributed by atoms with E-state index in [-0.39, 0.29) is 23.4 Å². The molecule has 35 heavy (non-hydrogen) atoms. The van der Waals surface area contributed by atoms with Gasteiger partial charge in [0.1, 0.15) is 5.52 Å². The first-order chi connectivity index (χ1) is 16.9. The van der Waals surface area contributed by atoms with Gasteiger partial charge >= 0.3 is 0 Å². The van der Waals surface area contributed by atoms with Crippen molar-refractivity contribution in [1.29, 1.82) is 0 Å². The van der Waals surface area contributed by atoms with Gasteiger partial charge in [0, 0.05) is 18.1 Å². The fourth-order valence-electron chi connectivity index (χ4n) is 3.42. The van der Waals surface area contributed by atoms with Crippen LogP contribution < -0.4 is 10.8 Å². The Kier molecular flexibility index (Phi) is 8.35. The number of hydrogen-bond donors (Lipinski definition) is 2. The smallest absolute Gasteiger partial charge is 0.277 e. The number of carbonyl (C=O) groups excluding carboxylic acids is 1. The molecule has 0 spiro atoms. The molecule has 0 bridgehead atoms. The van der Waals surface area contributed by atoms with Gasteiger partial charge in [0.2, 0.25) is 0 Å². The van der Waals surface area contributed by atoms with E-state index in [1.807, 2.05) is 30.3 Å². The predicted octanol–water partition coefficient (Wildman–Crippen LogP) is 6.14. The minimum Gasteiger partial charge on any atom is -0.377 e. The monoisotopic (exact) mass is 560 g/mol. The number of ether oxygens (including phenoxy) is 1. The van der Waals surface area contributed by atoms with Gasteiger partial charge in [0.15, 0.2) is 5.82 Å². The van der Waals surface area contributed by atoms with Crippen molar-refractivity contribution in [2.24, 2.45) is 7.05 Å². The van der Waals surface area contributed by atoms with Crippen LogP contribution in [0.15, 0.2) is 65.4 Å². The molecule has 0 aliphatic rings. The minimum atomic E-state index is -0.665. The zero-order valence-corrected chi connectivity index (χ0v) is 21.2. The number of imidazole rings is 1. The Hall–Kier alpha value is -2.98. The summed E-state index contributed by atoms with van der Waals surface area (Å²) in [7, 11) is 1.72. The average molecular weight is 562 g/mol. The first kappa shape index (κ1) is 25.1. The largest absolute Gasteiger partial charge is 0.377 e. The molecule has 1 aromatic heterocycles. The van der Waals surface area contributed by atoms with Crippen LogP contribution in [0.3, 0.4) is 0 Å². The number of anilines is 2. The zero-order valence-electron chi connectivity index (χ0n) is 18.9. The van der Waals surface area contributed by atoms with Gasteiger partial charge in [-0.1, -0.05) is 57.9 Å². The summed E-state index contributed by atoms with van der Waals surface area (Å²) in [6, 6.07) is 16.5. The van der Waals surface area contributed by atoms with E-state index in [4.69, 9.17) is 21.2 Å². The highest BCUT2D eigenvalue weighted by atomic mass is 79.9. The van der Waals surface area contributed by atoms with E-state index in [0.717, 1.165) is 10.0 Å². The molecule has 7 nitrogen and oxygen atoms in total. The van der Waals surface area contributed by atoms with Gasteiger partial charge in [-0.25, -0.2) is 14.9 Å². The highest BCUT2D eigenvalue weighted by Gasteiger charge is 2.22. The highest BCUT2D eigenvalue weighted by molar-refractivity contribution is 9.10. The topological polar surface area (TPSA) is 77.4 Å². The van der Waals surface area contributed by atoms with E-state index in [1.54, 1.807) is 35.9 Å². The van der Waals surface area contributed by atoms with E-state index in [1.165, 1.54) is 6.33 Å². The van der Waals surface area contributed by atoms with Crippen molar-refractivity contribution in [2.45, 2.75) is 13.0 Å². The van der Waals surface area contributed by atoms with Crippen LogP contribution in [-0.2, 0) is 23.2 Å². The number of benzene rings is 3. The van der Waals surface area contributed by atoms with Crippen molar-refractivity contribution < 1.29 is 18.8 Å². The van der Waals surface area contributed by atoms with Crippen molar-refractivity contribution in [2.75, 3.05) is 18.5 Å². The lowest BCUT2D eigenvalue weighted by Gasteiger charge is -2.15. The number of nitrogens with one attached hydrogen (secondary N) is 2. The summed E-state index contributed by atoms with van der Waals surface area (Å²) in [5, 5.41) is 3.30. The fraction of sp³-hybridized carbons (Fsp3) is 0.200. The van der Waals surface area contributed by atoms with Gasteiger partial charge in [-0.15, -0.1) is 0 Å². The van der Waals surface area contributed by atoms with E-state index in [9.17, 15) is 4.79 Å². The third-order valence-electron chi connectivity index (χ3n) is 5.21. The minimum absolute atomic E-state index is 0.0484. The maximum atomic E-state index is 15.4. The molecule has 0 saturated carbocycles. The Bertz CT molecular complexity index is 1330. The van der Waals surface area contributed by atoms with Crippen molar-refractivity contribution in [3.63, 3.8) is 0 Å². The van der Waals surface area contributed by atoms with Crippen molar-refractivity contribution in [1.82, 2.24) is 15.0 Å². The van der Waals surface area contributed by atoms with Crippen LogP contribution in [-0.4, -0.2) is 28.7 Å². The van der Waals surface area contributed by atoms with Gasteiger partial charge in [-0.3, -0.25) is 9.63 Å². The molecule has 0 unspecified atom stereocenters. The molecule has 0 aliphatic heterocycles. The summed E-state index contributed by atoms with van der Waals surface area (Å²) in [4.78, 5) is 22.4. The van der Waals surface area contributed by atoms with E-state index >= 15 is 4.39 Å². The second-order valence-electron chi connectivity index (χ2n) is 7.76. The summed E-state index contributed by atoms with van der Waals surface area (Å²) in [5.41, 5.74) is 4.52. The third kappa shape index (κ3) is 6.18. The van der Waals surface area contributed by atoms with E-state index < -0.39 is 11.7 Å². The number of nitrogens with zero attached hydrogens (tertiary/aromatic N) is 2. The molecule has 0 radical (unpaired) electrons. The Balaban J connectivity index is 1.42. The SMILES string of the molecule is Cn1cnc2c(F)c(Nc3ccc(Br)cc3Cl)c(C(=O)NOCCCOCc3ccccc3)cc21. The number of amides is 1. The van der Waals surface area contributed by atoms with E-state index in [0.29, 0.717) is 35.9 Å². The van der Waals surface area contributed by atoms with Gasteiger partial charge < -0.3 is 14.6 Å². The number of halogens is 3. The molecule has 4 aromatic rings. The maximum Gasteiger partial charge on any atom is 0.277 e. The second kappa shape index (κ2) is 11.6. The second-order valence-corrected chi connectivity index (χ2v) is 9.08. The molecule has 0 aliphatic carbocycles. The lowest BCUT2D eigenvalue weighted by Crippen LogP contribution is -2.26. The predicted molar refractivity (Wildman–Crippen MR) is 137 cm³/mol. The van der Waals surface area contributed by atoms with Gasteiger partial charge in [-0.05, 0) is 36.2 Å². The van der Waals surface area contributed by atoms with Crippen molar-refractivity contribution in [3.05, 3.63) is 87.4 Å². The molecule has 1 amide bonds. The standard InChI is InChI=1S/C25H23BrClFN4O3/c1-32-15-29-24-21(32)13-18(23(22(24)28)30-20-9-8-17(26)12-19(20)27)25(33)31-35-11-5-10-34-14-16-6-3-2-4-7-16/h2-4,6-9,12-13,15,30H,5,10-11,14H2,1H3,(H,31,33). The molecule has 10 heteroatoms. The molecular formula is C25H23BrClFN4O3. The Morgan fingerprint density at radius 1 is 1.17 bits per heavy atom. The Morgan fingerprint density at radius 2 is 1.97 bits per heavy atom. The number of hydrogen-bond acceptors (Lipinski definition) is 5.